The minimum atomic E-state index is -1.08. The monoisotopic (exact) mass is 429 g/mol. The number of ether oxygens (including phenoxy) is 1. The van der Waals surface area contributed by atoms with Crippen LogP contribution in [-0.2, 0) is 5.72 Å². The fourth-order valence-corrected chi connectivity index (χ4v) is 4.45. The minimum absolute atomic E-state index is 0.590. The Morgan fingerprint density at radius 1 is 1.07 bits per heavy atom. The Morgan fingerprint density at radius 2 is 1.81 bits per heavy atom. The number of aliphatic hydroxyl groups is 1. The van der Waals surface area contributed by atoms with Crippen LogP contribution in [0.3, 0.4) is 0 Å². The van der Waals surface area contributed by atoms with Crippen molar-refractivity contribution in [1.29, 1.82) is 0 Å². The molecule has 2 aliphatic rings. The smallest absolute Gasteiger partial charge is 0.275 e. The van der Waals surface area contributed by atoms with E-state index in [4.69, 9.17) is 4.74 Å². The van der Waals surface area contributed by atoms with Gasteiger partial charge in [-0.15, -0.1) is 0 Å². The summed E-state index contributed by atoms with van der Waals surface area (Å²) in [5.41, 5.74) is 0.842. The normalized spacial score (nSPS) is 22.6. The summed E-state index contributed by atoms with van der Waals surface area (Å²) in [6, 6.07) is 16.1. The first-order valence-electron chi connectivity index (χ1n) is 9.74. The van der Waals surface area contributed by atoms with E-state index < -0.39 is 5.72 Å². The topological polar surface area (TPSA) is 35.7 Å². The molecule has 1 atom stereocenters. The Kier molecular flexibility index (Phi) is 5.24. The Balaban J connectivity index is 1.77. The van der Waals surface area contributed by atoms with Crippen LogP contribution >= 0.6 is 15.9 Å². The maximum absolute atomic E-state index is 11.9. The van der Waals surface area contributed by atoms with E-state index in [1.54, 1.807) is 0 Å². The zero-order valence-electron chi connectivity index (χ0n) is 15.7. The molecule has 142 valence electrons. The highest BCUT2D eigenvalue weighted by molar-refractivity contribution is 9.10. The van der Waals surface area contributed by atoms with Gasteiger partial charge in [0.15, 0.2) is 6.54 Å². The molecule has 4 nitrogen and oxygen atoms in total. The maximum atomic E-state index is 11.9. The van der Waals surface area contributed by atoms with Crippen LogP contribution in [0.5, 0.6) is 5.75 Å². The fraction of sp³-hybridized carbons (Fsp3) is 0.409. The summed E-state index contributed by atoms with van der Waals surface area (Å²) in [6.07, 6.45) is 4.58. The molecule has 27 heavy (non-hydrogen) atoms. The molecule has 5 heteroatoms. The number of nitrogens with zero attached hydrogens (tertiary/aromatic N) is 2. The Labute approximate surface area is 169 Å². The molecule has 0 aliphatic carbocycles. The predicted octanol–water partition coefficient (Wildman–Crippen LogP) is 4.50. The second-order valence-corrected chi connectivity index (χ2v) is 8.15. The van der Waals surface area contributed by atoms with Crippen molar-refractivity contribution in [3.8, 4) is 5.75 Å². The van der Waals surface area contributed by atoms with Crippen LogP contribution in [0.4, 0.5) is 5.69 Å². The minimum Gasteiger partial charge on any atom is -0.494 e. The van der Waals surface area contributed by atoms with E-state index in [0.717, 1.165) is 40.9 Å². The molecule has 0 bridgehead atoms. The molecule has 0 spiro atoms. The van der Waals surface area contributed by atoms with Gasteiger partial charge in [0.1, 0.15) is 11.4 Å². The molecule has 0 saturated heterocycles. The first-order valence-corrected chi connectivity index (χ1v) is 10.5. The van der Waals surface area contributed by atoms with Gasteiger partial charge in [0, 0.05) is 16.5 Å². The van der Waals surface area contributed by atoms with Crippen LogP contribution in [0.15, 0.2) is 53.0 Å². The molecule has 0 radical (unpaired) electrons. The summed E-state index contributed by atoms with van der Waals surface area (Å²) < 4.78 is 8.98. The summed E-state index contributed by atoms with van der Waals surface area (Å²) in [6.45, 7) is 4.21. The van der Waals surface area contributed by atoms with Crippen LogP contribution in [0, 0.1) is 0 Å². The molecule has 2 aliphatic heterocycles. The highest BCUT2D eigenvalue weighted by Crippen LogP contribution is 2.38. The summed E-state index contributed by atoms with van der Waals surface area (Å²) >= 11 is 3.52. The summed E-state index contributed by atoms with van der Waals surface area (Å²) in [5, 5.41) is 11.9. The van der Waals surface area contributed by atoms with E-state index in [9.17, 15) is 5.11 Å². The number of hydrogen-bond acceptors (Lipinski definition) is 3. The summed E-state index contributed by atoms with van der Waals surface area (Å²) in [7, 11) is 0. The quantitative estimate of drug-likeness (QED) is 0.726. The van der Waals surface area contributed by atoms with Gasteiger partial charge in [-0.1, -0.05) is 15.9 Å². The number of halogens is 1. The van der Waals surface area contributed by atoms with Crippen LogP contribution in [0.1, 0.15) is 38.2 Å². The van der Waals surface area contributed by atoms with E-state index >= 15 is 0 Å². The third kappa shape index (κ3) is 3.50. The van der Waals surface area contributed by atoms with Crippen molar-refractivity contribution in [3.05, 3.63) is 58.6 Å². The van der Waals surface area contributed by atoms with Gasteiger partial charge in [-0.2, -0.15) is 4.90 Å². The third-order valence-electron chi connectivity index (χ3n) is 5.45. The lowest BCUT2D eigenvalue weighted by molar-refractivity contribution is -0.534. The lowest BCUT2D eigenvalue weighted by Crippen LogP contribution is -2.47. The van der Waals surface area contributed by atoms with E-state index in [1.165, 1.54) is 18.7 Å². The molecular formula is C22H26BrN2O2+. The number of benzene rings is 2. The van der Waals surface area contributed by atoms with Crippen LogP contribution in [0.25, 0.3) is 0 Å². The van der Waals surface area contributed by atoms with Gasteiger partial charge >= 0.3 is 0 Å². The molecule has 0 unspecified atom stereocenters. The van der Waals surface area contributed by atoms with Crippen molar-refractivity contribution < 1.29 is 14.4 Å². The van der Waals surface area contributed by atoms with Crippen LogP contribution in [-0.4, -0.2) is 35.2 Å². The van der Waals surface area contributed by atoms with Crippen LogP contribution < -0.4 is 9.64 Å². The van der Waals surface area contributed by atoms with Gasteiger partial charge < -0.3 is 9.84 Å². The summed E-state index contributed by atoms with van der Waals surface area (Å²) in [5.74, 6) is 2.06. The first-order chi connectivity index (χ1) is 13.1. The van der Waals surface area contributed by atoms with Gasteiger partial charge in [0.2, 0.25) is 0 Å². The van der Waals surface area contributed by atoms with Crippen molar-refractivity contribution in [3.63, 3.8) is 0 Å². The molecule has 4 rings (SSSR count). The molecular weight excluding hydrogens is 404 g/mol. The fourth-order valence-electron chi connectivity index (χ4n) is 4.18. The molecule has 2 aromatic carbocycles. The average Bonchev–Trinajstić information content (AvgIpc) is 2.80. The highest BCUT2D eigenvalue weighted by Gasteiger charge is 2.53. The standard InChI is InChI=1S/C22H26BrN2O2/c1-2-27-20-13-7-17(8-14-20)22(26)16-24-15-5-3-4-6-21(24)25(22)19-11-9-18(23)10-12-19/h7-14,26H,2-6,15-16H2,1H3/q+1/t22-/m0/s1. The lowest BCUT2D eigenvalue weighted by Gasteiger charge is -2.29. The highest BCUT2D eigenvalue weighted by atomic mass is 79.9. The van der Waals surface area contributed by atoms with Crippen molar-refractivity contribution >= 4 is 27.5 Å². The Bertz CT molecular complexity index is 832. The zero-order valence-corrected chi connectivity index (χ0v) is 17.3. The molecule has 0 fully saturated rings. The number of hydrogen-bond donors (Lipinski definition) is 1. The van der Waals surface area contributed by atoms with Gasteiger partial charge in [0.25, 0.3) is 11.6 Å². The molecule has 1 N–H and O–H groups in total. The Hall–Kier alpha value is -1.85. The molecule has 0 amide bonds. The third-order valence-corrected chi connectivity index (χ3v) is 5.97. The van der Waals surface area contributed by atoms with Crippen molar-refractivity contribution in [2.24, 2.45) is 0 Å². The first kappa shape index (κ1) is 18.5. The van der Waals surface area contributed by atoms with Gasteiger partial charge in [-0.3, -0.25) is 4.58 Å². The van der Waals surface area contributed by atoms with E-state index in [2.05, 4.69) is 37.5 Å². The number of anilines is 1. The van der Waals surface area contributed by atoms with Gasteiger partial charge in [-0.25, -0.2) is 0 Å². The number of rotatable bonds is 4. The molecule has 0 aromatic heterocycles. The van der Waals surface area contributed by atoms with Crippen molar-refractivity contribution in [2.75, 3.05) is 24.6 Å². The van der Waals surface area contributed by atoms with E-state index in [1.807, 2.05) is 43.3 Å². The second kappa shape index (κ2) is 7.64. The van der Waals surface area contributed by atoms with Crippen molar-refractivity contribution in [2.45, 2.75) is 38.3 Å². The van der Waals surface area contributed by atoms with Gasteiger partial charge in [0.05, 0.1) is 13.2 Å². The van der Waals surface area contributed by atoms with Crippen molar-refractivity contribution in [1.82, 2.24) is 0 Å². The average molecular weight is 430 g/mol. The second-order valence-electron chi connectivity index (χ2n) is 7.23. The molecule has 0 saturated carbocycles. The maximum Gasteiger partial charge on any atom is 0.275 e. The molecule has 2 heterocycles. The lowest BCUT2D eigenvalue weighted by atomic mass is 9.99. The largest absolute Gasteiger partial charge is 0.494 e. The zero-order chi connectivity index (χ0) is 18.9. The summed E-state index contributed by atoms with van der Waals surface area (Å²) in [4.78, 5) is 2.14. The van der Waals surface area contributed by atoms with E-state index in [-0.39, 0.29) is 0 Å². The van der Waals surface area contributed by atoms with Gasteiger partial charge in [-0.05, 0) is 74.7 Å². The predicted molar refractivity (Wildman–Crippen MR) is 112 cm³/mol. The SMILES string of the molecule is CCOc1ccc([C@@]2(O)C[N+]3=C(CCCCC3)N2c2ccc(Br)cc2)cc1. The van der Waals surface area contributed by atoms with E-state index in [0.29, 0.717) is 13.2 Å². The number of amidine groups is 1. The van der Waals surface area contributed by atoms with Crippen LogP contribution in [0.2, 0.25) is 0 Å². The Morgan fingerprint density at radius 3 is 2.52 bits per heavy atom. The molecule has 2 aromatic rings.